The van der Waals surface area contributed by atoms with Crippen molar-refractivity contribution in [3.8, 4) is 5.75 Å². The van der Waals surface area contributed by atoms with E-state index in [2.05, 4.69) is 12.2 Å². The van der Waals surface area contributed by atoms with Gasteiger partial charge in [0.15, 0.2) is 5.13 Å². The van der Waals surface area contributed by atoms with Crippen molar-refractivity contribution in [2.75, 3.05) is 11.5 Å². The maximum atomic E-state index is 12.5. The number of benzene rings is 1. The van der Waals surface area contributed by atoms with Crippen molar-refractivity contribution in [2.24, 2.45) is 11.7 Å². The average Bonchev–Trinajstić information content (AvgIpc) is 3.24. The van der Waals surface area contributed by atoms with Crippen LogP contribution in [0.1, 0.15) is 18.9 Å². The molecular weight excluding hydrogens is 312 g/mol. The first-order valence-corrected chi connectivity index (χ1v) is 8.85. The second-order valence-electron chi connectivity index (χ2n) is 6.69. The first-order chi connectivity index (χ1) is 11.1. The summed E-state index contributed by atoms with van der Waals surface area (Å²) in [5.41, 5.74) is 8.38. The smallest absolute Gasteiger partial charge is 0.324 e. The molecule has 2 aliphatic heterocycles. The summed E-state index contributed by atoms with van der Waals surface area (Å²) in [6.07, 6.45) is 1.80. The van der Waals surface area contributed by atoms with Crippen LogP contribution in [0.3, 0.4) is 0 Å². The molecular formula is C16H18N4O2S. The molecule has 5 rings (SSSR count). The number of carbonyl (C=O) groups is 1. The average molecular weight is 330 g/mol. The molecule has 3 N–H and O–H groups in total. The molecule has 4 atom stereocenters. The number of ether oxygens (including phenoxy) is 1. The molecule has 0 spiro atoms. The molecule has 1 aromatic carbocycles. The normalized spacial score (nSPS) is 32.1. The number of hydrogen-bond donors (Lipinski definition) is 2. The predicted molar refractivity (Wildman–Crippen MR) is 89.2 cm³/mol. The van der Waals surface area contributed by atoms with Gasteiger partial charge < -0.3 is 15.8 Å². The molecule has 2 aromatic rings. The highest BCUT2D eigenvalue weighted by molar-refractivity contribution is 7.22. The van der Waals surface area contributed by atoms with Crippen molar-refractivity contribution in [1.82, 2.24) is 10.3 Å². The lowest BCUT2D eigenvalue weighted by Crippen LogP contribution is -2.44. The molecule has 23 heavy (non-hydrogen) atoms. The zero-order valence-corrected chi connectivity index (χ0v) is 13.6. The maximum Gasteiger partial charge on any atom is 0.324 e. The van der Waals surface area contributed by atoms with E-state index in [1.165, 1.54) is 0 Å². The topological polar surface area (TPSA) is 80.5 Å². The number of amides is 2. The van der Waals surface area contributed by atoms with E-state index in [0.717, 1.165) is 39.5 Å². The number of thiazole rings is 1. The van der Waals surface area contributed by atoms with E-state index in [9.17, 15) is 4.79 Å². The number of nitrogens with two attached hydrogens (primary N) is 1. The van der Waals surface area contributed by atoms with Gasteiger partial charge in [-0.25, -0.2) is 9.78 Å². The van der Waals surface area contributed by atoms with Gasteiger partial charge >= 0.3 is 6.03 Å². The first kappa shape index (κ1) is 13.6. The van der Waals surface area contributed by atoms with Gasteiger partial charge in [-0.2, -0.15) is 0 Å². The van der Waals surface area contributed by atoms with Crippen molar-refractivity contribution in [2.45, 2.75) is 37.9 Å². The Balaban J connectivity index is 1.59. The summed E-state index contributed by atoms with van der Waals surface area (Å²) in [4.78, 5) is 19.1. The van der Waals surface area contributed by atoms with Crippen LogP contribution in [0.5, 0.6) is 5.75 Å². The molecule has 2 fully saturated rings. The zero-order chi connectivity index (χ0) is 15.7. The van der Waals surface area contributed by atoms with Crippen molar-refractivity contribution < 1.29 is 9.53 Å². The third-order valence-corrected chi connectivity index (χ3v) is 6.39. The van der Waals surface area contributed by atoms with E-state index >= 15 is 0 Å². The van der Waals surface area contributed by atoms with Crippen LogP contribution in [0.2, 0.25) is 0 Å². The summed E-state index contributed by atoms with van der Waals surface area (Å²) in [5, 5.41) is 3.82. The van der Waals surface area contributed by atoms with Crippen LogP contribution in [-0.4, -0.2) is 35.7 Å². The molecule has 0 bridgehead atoms. The summed E-state index contributed by atoms with van der Waals surface area (Å²) < 4.78 is 6.72. The van der Waals surface area contributed by atoms with Crippen molar-refractivity contribution in [3.05, 3.63) is 17.7 Å². The molecule has 6 nitrogen and oxygen atoms in total. The van der Waals surface area contributed by atoms with Gasteiger partial charge in [-0.3, -0.25) is 4.90 Å². The lowest BCUT2D eigenvalue weighted by atomic mass is 10.1. The molecule has 3 heterocycles. The number of nitrogens with zero attached hydrogens (tertiary/aromatic N) is 2. The van der Waals surface area contributed by atoms with Crippen molar-refractivity contribution in [1.29, 1.82) is 0 Å². The van der Waals surface area contributed by atoms with Crippen LogP contribution in [0.15, 0.2) is 12.1 Å². The fraction of sp³-hybridized carbons (Fsp3) is 0.500. The van der Waals surface area contributed by atoms with E-state index < -0.39 is 0 Å². The Hall–Kier alpha value is -1.86. The highest BCUT2D eigenvalue weighted by Crippen LogP contribution is 2.41. The van der Waals surface area contributed by atoms with Gasteiger partial charge in [0.1, 0.15) is 5.75 Å². The summed E-state index contributed by atoms with van der Waals surface area (Å²) in [5.74, 6) is 1.33. The quantitative estimate of drug-likeness (QED) is 0.836. The van der Waals surface area contributed by atoms with Crippen LogP contribution >= 0.6 is 11.3 Å². The minimum Gasteiger partial charge on any atom is -0.493 e. The third kappa shape index (κ3) is 1.77. The summed E-state index contributed by atoms with van der Waals surface area (Å²) in [7, 11) is 0. The van der Waals surface area contributed by atoms with Crippen LogP contribution in [-0.2, 0) is 6.42 Å². The zero-order valence-electron chi connectivity index (χ0n) is 12.8. The number of urea groups is 1. The lowest BCUT2D eigenvalue weighted by molar-refractivity contribution is 0.248. The van der Waals surface area contributed by atoms with Crippen molar-refractivity contribution >= 4 is 32.7 Å². The fourth-order valence-electron chi connectivity index (χ4n) is 4.11. The number of fused-ring (bicyclic) bond motifs is 4. The van der Waals surface area contributed by atoms with E-state index in [-0.39, 0.29) is 24.2 Å². The number of carbonyl (C=O) groups excluding carboxylic acids is 1. The lowest BCUT2D eigenvalue weighted by Gasteiger charge is -2.18. The highest BCUT2D eigenvalue weighted by Gasteiger charge is 2.50. The van der Waals surface area contributed by atoms with Gasteiger partial charge in [0.25, 0.3) is 0 Å². The molecule has 2 amide bonds. The van der Waals surface area contributed by atoms with Crippen LogP contribution in [0.4, 0.5) is 9.93 Å². The van der Waals surface area contributed by atoms with E-state index in [0.29, 0.717) is 12.5 Å². The predicted octanol–water partition coefficient (Wildman–Crippen LogP) is 1.87. The fourth-order valence-corrected chi connectivity index (χ4v) is 5.16. The van der Waals surface area contributed by atoms with Gasteiger partial charge in [0.05, 0.1) is 28.9 Å². The van der Waals surface area contributed by atoms with Crippen LogP contribution < -0.4 is 20.7 Å². The number of hydrogen-bond acceptors (Lipinski definition) is 5. The molecule has 0 unspecified atom stereocenters. The Morgan fingerprint density at radius 2 is 2.35 bits per heavy atom. The van der Waals surface area contributed by atoms with Gasteiger partial charge in [0.2, 0.25) is 0 Å². The summed E-state index contributed by atoms with van der Waals surface area (Å²) >= 11 is 1.57. The molecule has 0 radical (unpaired) electrons. The molecule has 1 aromatic heterocycles. The molecule has 120 valence electrons. The second-order valence-corrected chi connectivity index (χ2v) is 7.70. The van der Waals surface area contributed by atoms with E-state index in [1.54, 1.807) is 11.3 Å². The molecule has 3 aliphatic rings. The molecule has 1 saturated carbocycles. The van der Waals surface area contributed by atoms with Crippen molar-refractivity contribution in [3.63, 3.8) is 0 Å². The Labute approximate surface area is 137 Å². The Bertz CT molecular complexity index is 820. The van der Waals surface area contributed by atoms with E-state index in [1.807, 2.05) is 17.0 Å². The first-order valence-electron chi connectivity index (χ1n) is 8.04. The standard InChI is InChI=1S/C16H18N4O2S/c1-7-6-9-14(12(7)17)18-15(21)20(9)16-19-13-8-4-5-22-10(8)2-3-11(13)23-16/h2-3,7,9,12,14H,4-6,17H2,1H3,(H,18,21)/t7-,9+,12+,14+/m0/s1. The summed E-state index contributed by atoms with van der Waals surface area (Å²) in [6.45, 7) is 2.86. The summed E-state index contributed by atoms with van der Waals surface area (Å²) in [6, 6.07) is 4.12. The van der Waals surface area contributed by atoms with Gasteiger partial charge in [0, 0.05) is 18.0 Å². The van der Waals surface area contributed by atoms with Gasteiger partial charge in [-0.15, -0.1) is 0 Å². The monoisotopic (exact) mass is 330 g/mol. The van der Waals surface area contributed by atoms with Gasteiger partial charge in [-0.05, 0) is 24.5 Å². The Kier molecular flexibility index (Phi) is 2.70. The minimum absolute atomic E-state index is 0.0148. The SMILES string of the molecule is C[C@H]1C[C@@H]2[C@@H](NC(=O)N2c2nc3c4c(ccc3s2)OCC4)[C@@H]1N. The van der Waals surface area contributed by atoms with E-state index in [4.69, 9.17) is 15.5 Å². The Morgan fingerprint density at radius 3 is 3.22 bits per heavy atom. The maximum absolute atomic E-state index is 12.5. The van der Waals surface area contributed by atoms with Crippen LogP contribution in [0, 0.1) is 5.92 Å². The Morgan fingerprint density at radius 1 is 1.48 bits per heavy atom. The second kappa shape index (κ2) is 4.58. The molecule has 7 heteroatoms. The molecule has 1 saturated heterocycles. The van der Waals surface area contributed by atoms with Gasteiger partial charge in [-0.1, -0.05) is 18.3 Å². The number of anilines is 1. The number of nitrogens with one attached hydrogen (secondary N) is 1. The minimum atomic E-state index is -0.0747. The highest BCUT2D eigenvalue weighted by atomic mass is 32.1. The molecule has 1 aliphatic carbocycles. The number of aromatic nitrogens is 1. The third-order valence-electron chi connectivity index (χ3n) is 5.37. The van der Waals surface area contributed by atoms with Crippen LogP contribution in [0.25, 0.3) is 10.2 Å². The largest absolute Gasteiger partial charge is 0.493 e. The number of rotatable bonds is 1.